The monoisotopic (exact) mass is 461 g/mol. The van der Waals surface area contributed by atoms with Crippen molar-refractivity contribution < 1.29 is 4.84 Å². The first kappa shape index (κ1) is 26.5. The zero-order valence-electron chi connectivity index (χ0n) is 21.4. The maximum atomic E-state index is 5.68. The molecule has 0 radical (unpaired) electrons. The topological polar surface area (TPSA) is 21.6 Å². The van der Waals surface area contributed by atoms with E-state index < -0.39 is 0 Å². The molecule has 0 bridgehead atoms. The van der Waals surface area contributed by atoms with Gasteiger partial charge < -0.3 is 4.84 Å². The van der Waals surface area contributed by atoms with Crippen molar-refractivity contribution in [1.29, 1.82) is 0 Å². The van der Waals surface area contributed by atoms with E-state index in [1.807, 2.05) is 6.07 Å². The van der Waals surface area contributed by atoms with Crippen LogP contribution in [0.15, 0.2) is 65.8 Å². The summed E-state index contributed by atoms with van der Waals surface area (Å²) in [7, 11) is 0. The van der Waals surface area contributed by atoms with Gasteiger partial charge in [-0.25, -0.2) is 0 Å². The molecule has 0 amide bonds. The average molecular weight is 462 g/mol. The third kappa shape index (κ3) is 13.0. The Morgan fingerprint density at radius 1 is 0.618 bits per heavy atom. The van der Waals surface area contributed by atoms with Crippen molar-refractivity contribution in [2.75, 3.05) is 0 Å². The van der Waals surface area contributed by atoms with Crippen LogP contribution in [0.4, 0.5) is 0 Å². The molecule has 2 heteroatoms. The summed E-state index contributed by atoms with van der Waals surface area (Å²) in [5, 5.41) is 4.53. The fraction of sp³-hybridized carbons (Fsp3) is 0.594. The second kappa shape index (κ2) is 17.4. The summed E-state index contributed by atoms with van der Waals surface area (Å²) in [5.74, 6) is 0.878. The van der Waals surface area contributed by atoms with Crippen molar-refractivity contribution in [3.05, 3.63) is 71.8 Å². The number of hydrogen-bond acceptors (Lipinski definition) is 2. The van der Waals surface area contributed by atoms with Crippen LogP contribution in [0.1, 0.15) is 114 Å². The molecule has 0 atom stereocenters. The Bertz CT molecular complexity index is 766. The molecule has 1 saturated carbocycles. The molecule has 0 saturated heterocycles. The van der Waals surface area contributed by atoms with Gasteiger partial charge in [0.05, 0.1) is 5.71 Å². The van der Waals surface area contributed by atoms with Crippen molar-refractivity contribution in [3.63, 3.8) is 0 Å². The molecule has 186 valence electrons. The van der Waals surface area contributed by atoms with E-state index in [2.05, 4.69) is 59.8 Å². The second-order valence-corrected chi connectivity index (χ2v) is 10.3. The molecule has 0 unspecified atom stereocenters. The minimum atomic E-state index is 0.586. The van der Waals surface area contributed by atoms with Gasteiger partial charge in [0, 0.05) is 0 Å². The Morgan fingerprint density at radius 3 is 1.68 bits per heavy atom. The largest absolute Gasteiger partial charge is 0.391 e. The van der Waals surface area contributed by atoms with E-state index >= 15 is 0 Å². The third-order valence-electron chi connectivity index (χ3n) is 7.01. The Balaban J connectivity index is 1.11. The molecule has 0 heterocycles. The minimum absolute atomic E-state index is 0.586. The lowest BCUT2D eigenvalue weighted by Gasteiger charge is -2.07. The zero-order valence-corrected chi connectivity index (χ0v) is 21.4. The zero-order chi connectivity index (χ0) is 23.5. The summed E-state index contributed by atoms with van der Waals surface area (Å²) in [5.41, 5.74) is 3.98. The van der Waals surface area contributed by atoms with E-state index in [4.69, 9.17) is 4.84 Å². The highest BCUT2D eigenvalue weighted by molar-refractivity contribution is 5.84. The number of rotatable bonds is 20. The van der Waals surface area contributed by atoms with Crippen molar-refractivity contribution in [3.8, 4) is 0 Å². The van der Waals surface area contributed by atoms with E-state index in [1.54, 1.807) is 0 Å². The summed E-state index contributed by atoms with van der Waals surface area (Å²) in [6, 6.07) is 21.3. The molecule has 34 heavy (non-hydrogen) atoms. The van der Waals surface area contributed by atoms with Crippen molar-refractivity contribution in [2.24, 2.45) is 11.1 Å². The third-order valence-corrected chi connectivity index (χ3v) is 7.01. The van der Waals surface area contributed by atoms with E-state index in [1.165, 1.54) is 113 Å². The highest BCUT2D eigenvalue weighted by Crippen LogP contribution is 2.33. The SMILES string of the molecule is c1ccc(CCCCCCCCCCCCCCC(CC2CC2)=NOCc2ccccc2)cc1. The van der Waals surface area contributed by atoms with Gasteiger partial charge in [0.15, 0.2) is 0 Å². The molecule has 0 N–H and O–H groups in total. The predicted molar refractivity (Wildman–Crippen MR) is 146 cm³/mol. The van der Waals surface area contributed by atoms with E-state index in [-0.39, 0.29) is 0 Å². The van der Waals surface area contributed by atoms with Crippen LogP contribution in [0.25, 0.3) is 0 Å². The highest BCUT2D eigenvalue weighted by Gasteiger charge is 2.23. The quantitative estimate of drug-likeness (QED) is 0.109. The summed E-state index contributed by atoms with van der Waals surface area (Å²) in [6.45, 7) is 0.586. The van der Waals surface area contributed by atoms with Gasteiger partial charge in [0.2, 0.25) is 0 Å². The molecular weight excluding hydrogens is 414 g/mol. The molecule has 0 aromatic heterocycles. The fourth-order valence-electron chi connectivity index (χ4n) is 4.68. The Kier molecular flexibility index (Phi) is 13.5. The van der Waals surface area contributed by atoms with Gasteiger partial charge in [0.25, 0.3) is 0 Å². The Morgan fingerprint density at radius 2 is 1.12 bits per heavy atom. The maximum absolute atomic E-state index is 5.68. The number of hydrogen-bond donors (Lipinski definition) is 0. The second-order valence-electron chi connectivity index (χ2n) is 10.3. The van der Waals surface area contributed by atoms with E-state index in [0.29, 0.717) is 6.61 Å². The first-order valence-corrected chi connectivity index (χ1v) is 14.2. The minimum Gasteiger partial charge on any atom is -0.391 e. The van der Waals surface area contributed by atoms with Crippen molar-refractivity contribution in [1.82, 2.24) is 0 Å². The molecule has 0 spiro atoms. The van der Waals surface area contributed by atoms with Crippen LogP contribution in [0.3, 0.4) is 0 Å². The predicted octanol–water partition coefficient (Wildman–Crippen LogP) is 9.67. The molecule has 1 fully saturated rings. The van der Waals surface area contributed by atoms with Gasteiger partial charge in [-0.05, 0) is 62.0 Å². The number of unbranched alkanes of at least 4 members (excludes halogenated alkanes) is 11. The summed E-state index contributed by atoms with van der Waals surface area (Å²) in [4.78, 5) is 5.68. The van der Waals surface area contributed by atoms with E-state index in [0.717, 1.165) is 18.8 Å². The summed E-state index contributed by atoms with van der Waals surface area (Å²) < 4.78 is 0. The number of benzene rings is 2. The lowest BCUT2D eigenvalue weighted by atomic mass is 10.0. The normalized spacial score (nSPS) is 13.8. The highest BCUT2D eigenvalue weighted by atomic mass is 16.6. The van der Waals surface area contributed by atoms with Crippen molar-refractivity contribution >= 4 is 5.71 Å². The van der Waals surface area contributed by atoms with Crippen LogP contribution in [-0.2, 0) is 17.9 Å². The summed E-state index contributed by atoms with van der Waals surface area (Å²) in [6.07, 6.45) is 22.9. The van der Waals surface area contributed by atoms with Gasteiger partial charge in [-0.3, -0.25) is 0 Å². The Hall–Kier alpha value is -2.09. The number of oxime groups is 1. The maximum Gasteiger partial charge on any atom is 0.142 e. The molecular formula is C32H47NO. The van der Waals surface area contributed by atoms with Crippen molar-refractivity contribution in [2.45, 2.75) is 116 Å². The molecule has 1 aliphatic rings. The molecule has 0 aliphatic heterocycles. The van der Waals surface area contributed by atoms with Gasteiger partial charge in [-0.15, -0.1) is 0 Å². The smallest absolute Gasteiger partial charge is 0.142 e. The molecule has 1 aliphatic carbocycles. The van der Waals surface area contributed by atoms with Gasteiger partial charge >= 0.3 is 0 Å². The first-order chi connectivity index (χ1) is 16.9. The molecule has 3 rings (SSSR count). The lowest BCUT2D eigenvalue weighted by molar-refractivity contribution is 0.129. The van der Waals surface area contributed by atoms with Crippen LogP contribution < -0.4 is 0 Å². The fourth-order valence-corrected chi connectivity index (χ4v) is 4.68. The standard InChI is InChI=1S/C32H47NO/c1(3-5-7-9-13-19-29-20-14-11-15-21-29)2-4-6-8-10-18-24-32(27-30-25-26-30)33-34-28-31-22-16-12-17-23-31/h11-12,14-17,20-23,30H,1-10,13,18-19,24-28H2. The van der Waals surface area contributed by atoms with E-state index in [9.17, 15) is 0 Å². The molecule has 2 nitrogen and oxygen atoms in total. The number of nitrogens with zero attached hydrogens (tertiary/aromatic N) is 1. The summed E-state index contributed by atoms with van der Waals surface area (Å²) >= 11 is 0. The van der Waals surface area contributed by atoms with Gasteiger partial charge in [-0.1, -0.05) is 130 Å². The van der Waals surface area contributed by atoms with Crippen LogP contribution >= 0.6 is 0 Å². The first-order valence-electron chi connectivity index (χ1n) is 14.2. The van der Waals surface area contributed by atoms with Crippen LogP contribution in [-0.4, -0.2) is 5.71 Å². The van der Waals surface area contributed by atoms with Crippen LogP contribution in [0.5, 0.6) is 0 Å². The number of aryl methyl sites for hydroxylation is 1. The lowest BCUT2D eigenvalue weighted by Crippen LogP contribution is -2.02. The van der Waals surface area contributed by atoms with Crippen LogP contribution in [0.2, 0.25) is 0 Å². The van der Waals surface area contributed by atoms with Crippen LogP contribution in [0, 0.1) is 5.92 Å². The molecule has 2 aromatic carbocycles. The average Bonchev–Trinajstić information content (AvgIpc) is 3.69. The van der Waals surface area contributed by atoms with Gasteiger partial charge in [-0.2, -0.15) is 0 Å². The van der Waals surface area contributed by atoms with Gasteiger partial charge in [0.1, 0.15) is 6.61 Å². The molecule has 2 aromatic rings. The Labute approximate surface area is 209 Å².